The molecule has 136 valence electrons. The van der Waals surface area contributed by atoms with Crippen molar-refractivity contribution in [2.45, 2.75) is 64.5 Å². The highest BCUT2D eigenvalue weighted by Gasteiger charge is 2.02. The second kappa shape index (κ2) is 10.7. The summed E-state index contributed by atoms with van der Waals surface area (Å²) in [5.74, 6) is 0. The number of rotatable bonds is 11. The lowest BCUT2D eigenvalue weighted by atomic mass is 10.1. The molecule has 0 bridgehead atoms. The first kappa shape index (κ1) is 18.6. The van der Waals surface area contributed by atoms with Gasteiger partial charge >= 0.3 is 0 Å². The van der Waals surface area contributed by atoms with Crippen molar-refractivity contribution < 1.29 is 9.13 Å². The van der Waals surface area contributed by atoms with Gasteiger partial charge in [0.1, 0.15) is 13.1 Å². The Balaban J connectivity index is 1.20. The molecule has 0 aliphatic rings. The Morgan fingerprint density at radius 2 is 1.04 bits per heavy atom. The third-order valence-corrected chi connectivity index (χ3v) is 5.11. The van der Waals surface area contributed by atoms with Crippen molar-refractivity contribution in [3.63, 3.8) is 0 Å². The normalized spacial score (nSPS) is 11.1. The molecular formula is C24H32N2+2. The third-order valence-electron chi connectivity index (χ3n) is 5.11. The summed E-state index contributed by atoms with van der Waals surface area (Å²) >= 11 is 0. The largest absolute Gasteiger partial charge is 0.205 e. The van der Waals surface area contributed by atoms with Crippen LogP contribution in [0.15, 0.2) is 73.3 Å². The van der Waals surface area contributed by atoms with Crippen LogP contribution in [-0.4, -0.2) is 0 Å². The van der Waals surface area contributed by atoms with Crippen molar-refractivity contribution in [1.82, 2.24) is 0 Å². The zero-order valence-electron chi connectivity index (χ0n) is 15.9. The predicted molar refractivity (Wildman–Crippen MR) is 108 cm³/mol. The van der Waals surface area contributed by atoms with Crippen LogP contribution in [0.3, 0.4) is 0 Å². The molecule has 2 heterocycles. The smallest absolute Gasteiger partial charge is 0.176 e. The maximum atomic E-state index is 2.34. The number of pyridine rings is 2. The average molecular weight is 349 g/mol. The average Bonchev–Trinajstić information content (AvgIpc) is 2.70. The monoisotopic (exact) mass is 348 g/mol. The molecule has 0 fully saturated rings. The Kier molecular flexibility index (Phi) is 7.64. The molecule has 0 aliphatic heterocycles. The molecule has 0 unspecified atom stereocenters. The fourth-order valence-electron chi connectivity index (χ4n) is 3.55. The molecule has 2 nitrogen and oxygen atoms in total. The van der Waals surface area contributed by atoms with E-state index in [2.05, 4.69) is 82.5 Å². The van der Waals surface area contributed by atoms with E-state index in [0.717, 1.165) is 13.1 Å². The van der Waals surface area contributed by atoms with E-state index in [4.69, 9.17) is 0 Å². The second-order valence-corrected chi connectivity index (χ2v) is 7.25. The highest BCUT2D eigenvalue weighted by molar-refractivity contribution is 5.80. The van der Waals surface area contributed by atoms with E-state index >= 15 is 0 Å². The van der Waals surface area contributed by atoms with E-state index in [1.807, 2.05) is 0 Å². The molecule has 3 aromatic rings. The van der Waals surface area contributed by atoms with Gasteiger partial charge in [-0.05, 0) is 24.3 Å². The van der Waals surface area contributed by atoms with Gasteiger partial charge in [-0.25, -0.2) is 9.13 Å². The minimum Gasteiger partial charge on any atom is -0.205 e. The number of fused-ring (bicyclic) bond motifs is 1. The second-order valence-electron chi connectivity index (χ2n) is 7.25. The lowest BCUT2D eigenvalue weighted by Crippen LogP contribution is -2.32. The SMILES string of the molecule is c1cc[n+](CCCCCCCCCC[n+]2ccc3ccccc3c2)cc1. The van der Waals surface area contributed by atoms with Gasteiger partial charge in [-0.15, -0.1) is 0 Å². The van der Waals surface area contributed by atoms with E-state index in [0.29, 0.717) is 0 Å². The fourth-order valence-corrected chi connectivity index (χ4v) is 3.55. The zero-order chi connectivity index (χ0) is 17.9. The highest BCUT2D eigenvalue weighted by Crippen LogP contribution is 2.11. The van der Waals surface area contributed by atoms with Crippen molar-refractivity contribution in [3.05, 3.63) is 73.3 Å². The topological polar surface area (TPSA) is 7.76 Å². The minimum absolute atomic E-state index is 1.14. The third kappa shape index (κ3) is 6.25. The first-order valence-electron chi connectivity index (χ1n) is 10.2. The van der Waals surface area contributed by atoms with Crippen LogP contribution >= 0.6 is 0 Å². The van der Waals surface area contributed by atoms with Gasteiger partial charge in [0.2, 0.25) is 0 Å². The van der Waals surface area contributed by atoms with Crippen LogP contribution in [0.25, 0.3) is 10.8 Å². The van der Waals surface area contributed by atoms with Crippen molar-refractivity contribution in [1.29, 1.82) is 0 Å². The molecule has 2 aromatic heterocycles. The molecular weight excluding hydrogens is 316 g/mol. The molecule has 0 N–H and O–H groups in total. The van der Waals surface area contributed by atoms with E-state index in [-0.39, 0.29) is 0 Å². The van der Waals surface area contributed by atoms with Gasteiger partial charge in [-0.2, -0.15) is 0 Å². The molecule has 0 saturated heterocycles. The predicted octanol–water partition coefficient (Wildman–Crippen LogP) is 5.24. The molecule has 0 amide bonds. The van der Waals surface area contributed by atoms with Gasteiger partial charge in [-0.1, -0.05) is 49.9 Å². The van der Waals surface area contributed by atoms with Crippen LogP contribution in [0.1, 0.15) is 51.4 Å². The van der Waals surface area contributed by atoms with E-state index in [1.54, 1.807) is 0 Å². The number of hydrogen-bond donors (Lipinski definition) is 0. The Morgan fingerprint density at radius 1 is 0.462 bits per heavy atom. The van der Waals surface area contributed by atoms with Crippen molar-refractivity contribution in [3.8, 4) is 0 Å². The molecule has 2 heteroatoms. The van der Waals surface area contributed by atoms with Crippen LogP contribution < -0.4 is 9.13 Å². The lowest BCUT2D eigenvalue weighted by molar-refractivity contribution is -0.697. The van der Waals surface area contributed by atoms with Gasteiger partial charge in [0, 0.05) is 36.4 Å². The summed E-state index contributed by atoms with van der Waals surface area (Å²) in [5.41, 5.74) is 0. The van der Waals surface area contributed by atoms with Crippen LogP contribution in [0, 0.1) is 0 Å². The molecule has 26 heavy (non-hydrogen) atoms. The van der Waals surface area contributed by atoms with Crippen molar-refractivity contribution in [2.75, 3.05) is 0 Å². The Bertz CT molecular complexity index is 767. The Morgan fingerprint density at radius 3 is 1.73 bits per heavy atom. The summed E-state index contributed by atoms with van der Waals surface area (Å²) in [7, 11) is 0. The first-order chi connectivity index (χ1) is 12.9. The van der Waals surface area contributed by atoms with Crippen LogP contribution in [0.4, 0.5) is 0 Å². The van der Waals surface area contributed by atoms with Gasteiger partial charge in [0.05, 0.1) is 0 Å². The number of benzene rings is 1. The van der Waals surface area contributed by atoms with E-state index in [9.17, 15) is 0 Å². The Labute approximate surface area is 158 Å². The van der Waals surface area contributed by atoms with Crippen LogP contribution in [0.5, 0.6) is 0 Å². The molecule has 0 spiro atoms. The summed E-state index contributed by atoms with van der Waals surface area (Å²) in [6.07, 6.45) is 19.6. The molecule has 0 saturated carbocycles. The molecule has 1 aromatic carbocycles. The number of aryl methyl sites for hydroxylation is 2. The number of hydrogen-bond acceptors (Lipinski definition) is 0. The fraction of sp³-hybridized carbons (Fsp3) is 0.417. The van der Waals surface area contributed by atoms with Crippen molar-refractivity contribution >= 4 is 10.8 Å². The molecule has 0 aliphatic carbocycles. The summed E-state index contributed by atoms with van der Waals surface area (Å²) in [6.45, 7) is 2.29. The maximum absolute atomic E-state index is 2.34. The molecule has 3 rings (SSSR count). The lowest BCUT2D eigenvalue weighted by Gasteiger charge is -2.02. The van der Waals surface area contributed by atoms with Gasteiger partial charge < -0.3 is 0 Å². The number of aromatic nitrogens is 2. The van der Waals surface area contributed by atoms with Gasteiger partial charge in [0.15, 0.2) is 24.8 Å². The maximum Gasteiger partial charge on any atom is 0.176 e. The van der Waals surface area contributed by atoms with Gasteiger partial charge in [0.25, 0.3) is 0 Å². The summed E-state index contributed by atoms with van der Waals surface area (Å²) in [4.78, 5) is 0. The summed E-state index contributed by atoms with van der Waals surface area (Å²) in [6, 6.07) is 17.1. The number of unbranched alkanes of at least 4 members (excludes halogenated alkanes) is 7. The Hall–Kier alpha value is -2.22. The van der Waals surface area contributed by atoms with Crippen LogP contribution in [-0.2, 0) is 13.1 Å². The highest BCUT2D eigenvalue weighted by atomic mass is 14.9. The first-order valence-corrected chi connectivity index (χ1v) is 10.2. The van der Waals surface area contributed by atoms with Gasteiger partial charge in [-0.3, -0.25) is 0 Å². The molecule has 0 radical (unpaired) electrons. The van der Waals surface area contributed by atoms with Crippen molar-refractivity contribution in [2.24, 2.45) is 0 Å². The van der Waals surface area contributed by atoms with E-state index < -0.39 is 0 Å². The quantitative estimate of drug-likeness (QED) is 0.331. The minimum atomic E-state index is 1.14. The van der Waals surface area contributed by atoms with E-state index in [1.165, 1.54) is 62.1 Å². The zero-order valence-corrected chi connectivity index (χ0v) is 15.9. The number of nitrogens with zero attached hydrogens (tertiary/aromatic N) is 2. The van der Waals surface area contributed by atoms with Crippen LogP contribution in [0.2, 0.25) is 0 Å². The summed E-state index contributed by atoms with van der Waals surface area (Å²) < 4.78 is 4.62. The summed E-state index contributed by atoms with van der Waals surface area (Å²) in [5, 5.41) is 2.66. The standard InChI is InChI=1S/C24H32N2/c1(3-5-10-17-25-18-12-7-13-19-25)2-4-6-11-20-26-21-16-23-14-8-9-15-24(23)22-26/h7-9,12-16,18-19,21-22H,1-6,10-11,17,20H2/q+2. The molecule has 0 atom stereocenters.